The summed E-state index contributed by atoms with van der Waals surface area (Å²) >= 11 is 0. The number of amides is 4. The first-order chi connectivity index (χ1) is 12.4. The van der Waals surface area contributed by atoms with Crippen LogP contribution in [0.25, 0.3) is 0 Å². The van der Waals surface area contributed by atoms with Crippen LogP contribution >= 0.6 is 0 Å². The molecule has 1 aromatic rings. The number of ether oxygens (including phenoxy) is 2. The van der Waals surface area contributed by atoms with E-state index in [4.69, 9.17) is 4.74 Å². The van der Waals surface area contributed by atoms with Crippen molar-refractivity contribution in [3.63, 3.8) is 0 Å². The van der Waals surface area contributed by atoms with E-state index < -0.39 is 36.6 Å². The zero-order valence-corrected chi connectivity index (χ0v) is 14.6. The number of benzene rings is 1. The van der Waals surface area contributed by atoms with Crippen LogP contribution in [0.2, 0.25) is 0 Å². The van der Waals surface area contributed by atoms with Crippen molar-refractivity contribution in [2.45, 2.75) is 19.9 Å². The quantitative estimate of drug-likeness (QED) is 0.738. The average Bonchev–Trinajstić information content (AvgIpc) is 3.04. The Labute approximate surface area is 150 Å². The lowest BCUT2D eigenvalue weighted by Gasteiger charge is -2.21. The maximum atomic E-state index is 12.2. The Hall–Kier alpha value is -3.10. The van der Waals surface area contributed by atoms with Gasteiger partial charge in [-0.15, -0.1) is 0 Å². The Kier molecular flexibility index (Phi) is 6.54. The number of nitrogens with zero attached hydrogens (tertiary/aromatic N) is 1. The van der Waals surface area contributed by atoms with Crippen molar-refractivity contribution < 1.29 is 28.7 Å². The fourth-order valence-electron chi connectivity index (χ4n) is 2.25. The van der Waals surface area contributed by atoms with Crippen molar-refractivity contribution in [3.8, 4) is 0 Å². The molecular formula is C17H21N3O6. The largest absolute Gasteiger partial charge is 0.454 e. The van der Waals surface area contributed by atoms with E-state index in [1.807, 2.05) is 6.07 Å². The lowest BCUT2D eigenvalue weighted by molar-refractivity contribution is -0.153. The number of anilines is 1. The Morgan fingerprint density at radius 1 is 1.23 bits per heavy atom. The zero-order valence-electron chi connectivity index (χ0n) is 14.6. The summed E-state index contributed by atoms with van der Waals surface area (Å²) in [5.41, 5.74) is 0.573. The Morgan fingerprint density at radius 2 is 1.92 bits per heavy atom. The number of para-hydroxylation sites is 1. The first-order valence-electron chi connectivity index (χ1n) is 8.15. The Balaban J connectivity index is 1.87. The summed E-state index contributed by atoms with van der Waals surface area (Å²) in [6.45, 7) is 3.11. The van der Waals surface area contributed by atoms with E-state index in [9.17, 15) is 19.2 Å². The van der Waals surface area contributed by atoms with E-state index in [1.54, 1.807) is 38.1 Å². The van der Waals surface area contributed by atoms with Gasteiger partial charge in [-0.1, -0.05) is 32.0 Å². The monoisotopic (exact) mass is 363 g/mol. The van der Waals surface area contributed by atoms with Crippen LogP contribution in [0, 0.1) is 5.92 Å². The van der Waals surface area contributed by atoms with Gasteiger partial charge in [0.15, 0.2) is 6.61 Å². The fraction of sp³-hybridized carbons (Fsp3) is 0.412. The van der Waals surface area contributed by atoms with Gasteiger partial charge in [0.1, 0.15) is 12.6 Å². The third kappa shape index (κ3) is 5.20. The van der Waals surface area contributed by atoms with Gasteiger partial charge in [-0.2, -0.15) is 0 Å². The molecule has 0 aromatic heterocycles. The number of urea groups is 1. The van der Waals surface area contributed by atoms with Crippen LogP contribution in [0.4, 0.5) is 15.3 Å². The van der Waals surface area contributed by atoms with Gasteiger partial charge >= 0.3 is 18.1 Å². The number of carbonyl (C=O) groups is 4. The van der Waals surface area contributed by atoms with Crippen molar-refractivity contribution >= 4 is 29.7 Å². The summed E-state index contributed by atoms with van der Waals surface area (Å²) in [7, 11) is 0. The highest BCUT2D eigenvalue weighted by molar-refractivity contribution is 5.95. The number of cyclic esters (lactones) is 1. The molecular weight excluding hydrogens is 342 g/mol. The minimum Gasteiger partial charge on any atom is -0.454 e. The van der Waals surface area contributed by atoms with Gasteiger partial charge in [-0.3, -0.25) is 4.79 Å². The summed E-state index contributed by atoms with van der Waals surface area (Å²) in [5, 5.41) is 5.13. The number of esters is 1. The molecule has 9 heteroatoms. The molecule has 1 fully saturated rings. The molecule has 0 spiro atoms. The highest BCUT2D eigenvalue weighted by Gasteiger charge is 2.31. The molecule has 0 aliphatic carbocycles. The van der Waals surface area contributed by atoms with Gasteiger partial charge in [0.25, 0.3) is 5.91 Å². The lowest BCUT2D eigenvalue weighted by atomic mass is 10.1. The van der Waals surface area contributed by atoms with Crippen molar-refractivity contribution in [1.82, 2.24) is 10.2 Å². The minimum atomic E-state index is -0.947. The normalized spacial score (nSPS) is 14.6. The molecule has 1 saturated heterocycles. The van der Waals surface area contributed by atoms with E-state index in [1.165, 1.54) is 0 Å². The zero-order chi connectivity index (χ0) is 19.1. The van der Waals surface area contributed by atoms with Gasteiger partial charge < -0.3 is 20.1 Å². The maximum absolute atomic E-state index is 12.2. The van der Waals surface area contributed by atoms with Crippen LogP contribution in [0.5, 0.6) is 0 Å². The van der Waals surface area contributed by atoms with Crippen LogP contribution in [0.15, 0.2) is 30.3 Å². The molecule has 0 bridgehead atoms. The third-order valence-electron chi connectivity index (χ3n) is 3.64. The van der Waals surface area contributed by atoms with Gasteiger partial charge in [0.05, 0.1) is 6.54 Å². The molecule has 1 aliphatic rings. The molecule has 2 N–H and O–H groups in total. The topological polar surface area (TPSA) is 114 Å². The SMILES string of the molecule is CC(C)[C@@H](NC(=O)Nc1ccccc1)C(=O)OCC(=O)N1CCOC1=O. The molecule has 0 saturated carbocycles. The van der Waals surface area contributed by atoms with E-state index in [-0.39, 0.29) is 19.1 Å². The molecule has 1 aliphatic heterocycles. The van der Waals surface area contributed by atoms with E-state index in [0.717, 1.165) is 4.90 Å². The highest BCUT2D eigenvalue weighted by atomic mass is 16.6. The second-order valence-electron chi connectivity index (χ2n) is 5.95. The van der Waals surface area contributed by atoms with E-state index in [0.29, 0.717) is 5.69 Å². The second-order valence-corrected chi connectivity index (χ2v) is 5.95. The summed E-state index contributed by atoms with van der Waals surface area (Å²) in [4.78, 5) is 48.3. The van der Waals surface area contributed by atoms with Gasteiger partial charge in [0, 0.05) is 5.69 Å². The summed E-state index contributed by atoms with van der Waals surface area (Å²) in [6, 6.07) is 7.23. The molecule has 0 unspecified atom stereocenters. The first-order valence-corrected chi connectivity index (χ1v) is 8.15. The van der Waals surface area contributed by atoms with E-state index >= 15 is 0 Å². The predicted octanol–water partition coefficient (Wildman–Crippen LogP) is 1.35. The molecule has 0 radical (unpaired) electrons. The predicted molar refractivity (Wildman–Crippen MR) is 91.2 cm³/mol. The van der Waals surface area contributed by atoms with Gasteiger partial charge in [-0.05, 0) is 18.1 Å². The molecule has 9 nitrogen and oxygen atoms in total. The van der Waals surface area contributed by atoms with Gasteiger partial charge in [-0.25, -0.2) is 19.3 Å². The van der Waals surface area contributed by atoms with Crippen molar-refractivity contribution in [2.75, 3.05) is 25.1 Å². The number of hydrogen-bond acceptors (Lipinski definition) is 6. The standard InChI is InChI=1S/C17H21N3O6/c1-11(2)14(19-16(23)18-12-6-4-3-5-7-12)15(22)26-10-13(21)20-8-9-25-17(20)24/h3-7,11,14H,8-10H2,1-2H3,(H2,18,19,23)/t14-/m1/s1. The maximum Gasteiger partial charge on any atom is 0.416 e. The number of imide groups is 1. The minimum absolute atomic E-state index is 0.119. The Bertz CT molecular complexity index is 676. The number of rotatable bonds is 6. The molecule has 1 heterocycles. The summed E-state index contributed by atoms with van der Waals surface area (Å²) in [6.07, 6.45) is -0.758. The smallest absolute Gasteiger partial charge is 0.416 e. The van der Waals surface area contributed by atoms with Crippen molar-refractivity contribution in [2.24, 2.45) is 5.92 Å². The third-order valence-corrected chi connectivity index (χ3v) is 3.64. The molecule has 2 rings (SSSR count). The van der Waals surface area contributed by atoms with Crippen LogP contribution in [-0.4, -0.2) is 54.7 Å². The highest BCUT2D eigenvalue weighted by Crippen LogP contribution is 2.09. The summed E-state index contributed by atoms with van der Waals surface area (Å²) in [5.74, 6) is -1.70. The molecule has 1 aromatic carbocycles. The van der Waals surface area contributed by atoms with E-state index in [2.05, 4.69) is 15.4 Å². The molecule has 1 atom stereocenters. The fourth-order valence-corrected chi connectivity index (χ4v) is 2.25. The van der Waals surface area contributed by atoms with Crippen LogP contribution in [0.3, 0.4) is 0 Å². The summed E-state index contributed by atoms with van der Waals surface area (Å²) < 4.78 is 9.61. The number of hydrogen-bond donors (Lipinski definition) is 2. The van der Waals surface area contributed by atoms with Crippen molar-refractivity contribution in [1.29, 1.82) is 0 Å². The molecule has 4 amide bonds. The molecule has 26 heavy (non-hydrogen) atoms. The average molecular weight is 363 g/mol. The second kappa shape index (κ2) is 8.84. The van der Waals surface area contributed by atoms with Crippen LogP contribution in [0.1, 0.15) is 13.8 Å². The van der Waals surface area contributed by atoms with Crippen LogP contribution in [-0.2, 0) is 19.1 Å². The van der Waals surface area contributed by atoms with Gasteiger partial charge in [0.2, 0.25) is 0 Å². The van der Waals surface area contributed by atoms with Crippen LogP contribution < -0.4 is 10.6 Å². The van der Waals surface area contributed by atoms with Crippen molar-refractivity contribution in [3.05, 3.63) is 30.3 Å². The molecule has 140 valence electrons. The number of carbonyl (C=O) groups excluding carboxylic acids is 4. The first kappa shape index (κ1) is 19.2. The lowest BCUT2D eigenvalue weighted by Crippen LogP contribution is -2.47. The number of nitrogens with one attached hydrogen (secondary N) is 2. The Morgan fingerprint density at radius 3 is 2.50 bits per heavy atom.